The second kappa shape index (κ2) is 8.51. The summed E-state index contributed by atoms with van der Waals surface area (Å²) in [5, 5.41) is 11.4. The van der Waals surface area contributed by atoms with E-state index in [4.69, 9.17) is 28.2 Å². The van der Waals surface area contributed by atoms with Gasteiger partial charge in [0, 0.05) is 17.0 Å². The SMILES string of the molecule is O=C(O)c1cc(-c2ccc(/C=C3\SC(=S)N(c4cccc5ccccc45)C3=O)o2)ccc1Cl. The number of carbonyl (C=O) groups is 2. The molecule has 0 unspecified atom stereocenters. The number of carboxylic acids is 1. The number of aromatic carboxylic acids is 1. The molecule has 1 aromatic heterocycles. The van der Waals surface area contributed by atoms with Crippen molar-refractivity contribution >= 4 is 74.3 Å². The number of nitrogens with zero attached hydrogens (tertiary/aromatic N) is 1. The summed E-state index contributed by atoms with van der Waals surface area (Å²) in [4.78, 5) is 26.6. The molecule has 0 spiro atoms. The van der Waals surface area contributed by atoms with Crippen molar-refractivity contribution < 1.29 is 19.1 Å². The average molecular weight is 492 g/mol. The Morgan fingerprint density at radius 3 is 2.67 bits per heavy atom. The minimum absolute atomic E-state index is 0.0110. The van der Waals surface area contributed by atoms with Crippen LogP contribution in [0.4, 0.5) is 5.69 Å². The molecular weight excluding hydrogens is 478 g/mol. The highest BCUT2D eigenvalue weighted by Gasteiger charge is 2.34. The Morgan fingerprint density at radius 1 is 1.06 bits per heavy atom. The first kappa shape index (κ1) is 21.5. The van der Waals surface area contributed by atoms with Crippen molar-refractivity contribution in [3.05, 3.63) is 94.0 Å². The van der Waals surface area contributed by atoms with Gasteiger partial charge in [-0.1, -0.05) is 72.0 Å². The molecule has 162 valence electrons. The van der Waals surface area contributed by atoms with E-state index >= 15 is 0 Å². The van der Waals surface area contributed by atoms with Crippen LogP contribution in [-0.2, 0) is 4.79 Å². The summed E-state index contributed by atoms with van der Waals surface area (Å²) in [5.74, 6) is -0.426. The third-order valence-corrected chi connectivity index (χ3v) is 6.81. The van der Waals surface area contributed by atoms with Gasteiger partial charge in [-0.2, -0.15) is 0 Å². The third kappa shape index (κ3) is 3.95. The summed E-state index contributed by atoms with van der Waals surface area (Å²) in [5.41, 5.74) is 1.30. The number of carboxylic acid groups (broad SMARTS) is 1. The zero-order valence-electron chi connectivity index (χ0n) is 16.8. The van der Waals surface area contributed by atoms with Crippen LogP contribution in [0.1, 0.15) is 16.1 Å². The molecule has 1 aliphatic heterocycles. The fraction of sp³-hybridized carbons (Fsp3) is 0. The number of hydrogen-bond donors (Lipinski definition) is 1. The largest absolute Gasteiger partial charge is 0.478 e. The Kier molecular flexibility index (Phi) is 5.54. The van der Waals surface area contributed by atoms with Crippen LogP contribution in [0, 0.1) is 0 Å². The molecule has 1 aliphatic rings. The smallest absolute Gasteiger partial charge is 0.337 e. The van der Waals surface area contributed by atoms with Crippen LogP contribution in [-0.4, -0.2) is 21.3 Å². The molecule has 5 nitrogen and oxygen atoms in total. The molecule has 0 saturated carbocycles. The van der Waals surface area contributed by atoms with Gasteiger partial charge in [-0.3, -0.25) is 9.69 Å². The van der Waals surface area contributed by atoms with E-state index < -0.39 is 5.97 Å². The van der Waals surface area contributed by atoms with Crippen LogP contribution in [0.15, 0.2) is 82.1 Å². The molecule has 1 amide bonds. The first-order valence-corrected chi connectivity index (χ1v) is 11.4. The van der Waals surface area contributed by atoms with E-state index in [0.29, 0.717) is 26.3 Å². The zero-order chi connectivity index (χ0) is 23.1. The second-order valence-corrected chi connectivity index (χ2v) is 9.30. The number of carbonyl (C=O) groups excluding carboxylic acids is 1. The van der Waals surface area contributed by atoms with E-state index in [1.54, 1.807) is 24.3 Å². The number of anilines is 1. The van der Waals surface area contributed by atoms with Gasteiger partial charge in [-0.15, -0.1) is 0 Å². The average Bonchev–Trinajstić information content (AvgIpc) is 3.38. The molecule has 2 heterocycles. The Labute approximate surface area is 203 Å². The van der Waals surface area contributed by atoms with Gasteiger partial charge in [0.1, 0.15) is 11.5 Å². The van der Waals surface area contributed by atoms with Gasteiger partial charge in [-0.25, -0.2) is 4.79 Å². The van der Waals surface area contributed by atoms with Crippen LogP contribution in [0.25, 0.3) is 28.2 Å². The number of rotatable bonds is 4. The van der Waals surface area contributed by atoms with Crippen molar-refractivity contribution in [1.82, 2.24) is 0 Å². The van der Waals surface area contributed by atoms with E-state index in [0.717, 1.165) is 16.5 Å². The lowest BCUT2D eigenvalue weighted by Crippen LogP contribution is -2.27. The van der Waals surface area contributed by atoms with Gasteiger partial charge >= 0.3 is 5.97 Å². The lowest BCUT2D eigenvalue weighted by molar-refractivity contribution is -0.113. The van der Waals surface area contributed by atoms with Crippen LogP contribution in [0.3, 0.4) is 0 Å². The van der Waals surface area contributed by atoms with Gasteiger partial charge in [-0.05, 0) is 41.8 Å². The van der Waals surface area contributed by atoms with Crippen molar-refractivity contribution in [3.63, 3.8) is 0 Å². The molecule has 1 N–H and O–H groups in total. The van der Waals surface area contributed by atoms with Gasteiger partial charge in [0.05, 0.1) is 21.2 Å². The van der Waals surface area contributed by atoms with E-state index in [9.17, 15) is 14.7 Å². The first-order valence-electron chi connectivity index (χ1n) is 9.81. The van der Waals surface area contributed by atoms with Crippen LogP contribution in [0.5, 0.6) is 0 Å². The number of furan rings is 1. The number of thiocarbonyl (C=S) groups is 1. The van der Waals surface area contributed by atoms with E-state index in [-0.39, 0.29) is 16.5 Å². The number of amides is 1. The van der Waals surface area contributed by atoms with Crippen LogP contribution in [0.2, 0.25) is 5.02 Å². The summed E-state index contributed by atoms with van der Waals surface area (Å²) >= 11 is 12.7. The van der Waals surface area contributed by atoms with E-state index in [2.05, 4.69) is 0 Å². The number of benzene rings is 3. The standard InChI is InChI=1S/C25H14ClNO4S2/c26-19-10-8-15(12-18(19)24(29)30)21-11-9-16(31-21)13-22-23(28)27(25(32)33-22)20-7-3-5-14-4-1-2-6-17(14)20/h1-13H,(H,29,30)/b22-13-. The van der Waals surface area contributed by atoms with Gasteiger partial charge in [0.15, 0.2) is 4.32 Å². The van der Waals surface area contributed by atoms with Crippen molar-refractivity contribution in [2.75, 3.05) is 4.90 Å². The molecule has 0 atom stereocenters. The van der Waals surface area contributed by atoms with Crippen molar-refractivity contribution in [2.24, 2.45) is 0 Å². The Morgan fingerprint density at radius 2 is 1.85 bits per heavy atom. The Balaban J connectivity index is 1.46. The van der Waals surface area contributed by atoms with Gasteiger partial charge < -0.3 is 9.52 Å². The number of fused-ring (bicyclic) bond motifs is 1. The summed E-state index contributed by atoms with van der Waals surface area (Å²) in [6.45, 7) is 0. The topological polar surface area (TPSA) is 70.8 Å². The van der Waals surface area contributed by atoms with Crippen molar-refractivity contribution in [1.29, 1.82) is 0 Å². The maximum atomic E-state index is 13.2. The summed E-state index contributed by atoms with van der Waals surface area (Å²) < 4.78 is 6.30. The number of thioether (sulfide) groups is 1. The van der Waals surface area contributed by atoms with E-state index in [1.807, 2.05) is 42.5 Å². The van der Waals surface area contributed by atoms with Crippen LogP contribution < -0.4 is 4.90 Å². The lowest BCUT2D eigenvalue weighted by atomic mass is 10.1. The molecule has 1 saturated heterocycles. The predicted molar refractivity (Wildman–Crippen MR) is 136 cm³/mol. The van der Waals surface area contributed by atoms with Gasteiger partial charge in [0.2, 0.25) is 0 Å². The van der Waals surface area contributed by atoms with Crippen LogP contribution >= 0.6 is 35.6 Å². The Bertz CT molecular complexity index is 1490. The van der Waals surface area contributed by atoms with E-state index in [1.165, 1.54) is 28.8 Å². The molecule has 3 aromatic carbocycles. The summed E-state index contributed by atoms with van der Waals surface area (Å²) in [6.07, 6.45) is 1.64. The monoisotopic (exact) mass is 491 g/mol. The molecule has 33 heavy (non-hydrogen) atoms. The minimum Gasteiger partial charge on any atom is -0.478 e. The molecule has 0 radical (unpaired) electrons. The number of halogens is 1. The maximum Gasteiger partial charge on any atom is 0.337 e. The molecule has 8 heteroatoms. The van der Waals surface area contributed by atoms with Crippen molar-refractivity contribution in [2.45, 2.75) is 0 Å². The fourth-order valence-electron chi connectivity index (χ4n) is 3.64. The molecular formula is C25H14ClNO4S2. The fourth-order valence-corrected chi connectivity index (χ4v) is 5.10. The summed E-state index contributed by atoms with van der Waals surface area (Å²) in [6, 6.07) is 21.7. The lowest BCUT2D eigenvalue weighted by Gasteiger charge is -2.17. The molecule has 0 aliphatic carbocycles. The minimum atomic E-state index is -1.12. The predicted octanol–water partition coefficient (Wildman–Crippen LogP) is 6.86. The maximum absolute atomic E-state index is 13.2. The van der Waals surface area contributed by atoms with Crippen molar-refractivity contribution in [3.8, 4) is 11.3 Å². The third-order valence-electron chi connectivity index (χ3n) is 5.18. The Hall–Kier alpha value is -3.39. The second-order valence-electron chi connectivity index (χ2n) is 7.22. The van der Waals surface area contributed by atoms with Gasteiger partial charge in [0.25, 0.3) is 5.91 Å². The highest BCUT2D eigenvalue weighted by atomic mass is 35.5. The highest BCUT2D eigenvalue weighted by molar-refractivity contribution is 8.27. The zero-order valence-corrected chi connectivity index (χ0v) is 19.2. The normalized spacial score (nSPS) is 15.1. The molecule has 1 fully saturated rings. The molecule has 4 aromatic rings. The quantitative estimate of drug-likeness (QED) is 0.248. The summed E-state index contributed by atoms with van der Waals surface area (Å²) in [7, 11) is 0. The molecule has 0 bridgehead atoms. The molecule has 5 rings (SSSR count). The number of hydrogen-bond acceptors (Lipinski definition) is 5. The highest BCUT2D eigenvalue weighted by Crippen LogP contribution is 2.39. The first-order chi connectivity index (χ1) is 15.9.